The molecular formula is C12H14N2O3S. The number of ether oxygens (including phenoxy) is 1. The number of aldehydes is 1. The molecule has 0 saturated heterocycles. The van der Waals surface area contributed by atoms with Crippen molar-refractivity contribution in [3.63, 3.8) is 0 Å². The third-order valence-electron chi connectivity index (χ3n) is 2.70. The van der Waals surface area contributed by atoms with Crippen molar-refractivity contribution in [2.75, 3.05) is 22.7 Å². The topological polar surface area (TPSA) is 58.6 Å². The SMILES string of the molecule is COC(=O)CCCN1SNc2c(C=O)cccc21. The van der Waals surface area contributed by atoms with Crippen LogP contribution in [0.2, 0.25) is 0 Å². The minimum atomic E-state index is -0.200. The lowest BCUT2D eigenvalue weighted by Gasteiger charge is -2.15. The highest BCUT2D eigenvalue weighted by atomic mass is 32.2. The molecule has 1 aliphatic rings. The second kappa shape index (κ2) is 5.77. The number of carbonyl (C=O) groups is 2. The van der Waals surface area contributed by atoms with E-state index in [1.807, 2.05) is 16.4 Å². The van der Waals surface area contributed by atoms with Crippen molar-refractivity contribution in [2.24, 2.45) is 0 Å². The van der Waals surface area contributed by atoms with Gasteiger partial charge in [-0.2, -0.15) is 0 Å². The van der Waals surface area contributed by atoms with Crippen LogP contribution < -0.4 is 9.03 Å². The lowest BCUT2D eigenvalue weighted by molar-refractivity contribution is -0.140. The van der Waals surface area contributed by atoms with Crippen LogP contribution in [0.4, 0.5) is 11.4 Å². The lowest BCUT2D eigenvalue weighted by atomic mass is 10.1. The lowest BCUT2D eigenvalue weighted by Crippen LogP contribution is -2.14. The Morgan fingerprint density at radius 2 is 2.39 bits per heavy atom. The Morgan fingerprint density at radius 1 is 1.56 bits per heavy atom. The van der Waals surface area contributed by atoms with Crippen molar-refractivity contribution in [2.45, 2.75) is 12.8 Å². The van der Waals surface area contributed by atoms with Crippen LogP contribution in [0.15, 0.2) is 18.2 Å². The van der Waals surface area contributed by atoms with E-state index in [1.54, 1.807) is 6.07 Å². The minimum absolute atomic E-state index is 0.200. The summed E-state index contributed by atoms with van der Waals surface area (Å²) in [6.07, 6.45) is 1.95. The first-order valence-electron chi connectivity index (χ1n) is 5.61. The maximum Gasteiger partial charge on any atom is 0.305 e. The van der Waals surface area contributed by atoms with Gasteiger partial charge in [-0.15, -0.1) is 0 Å². The smallest absolute Gasteiger partial charge is 0.305 e. The molecule has 5 nitrogen and oxygen atoms in total. The zero-order valence-corrected chi connectivity index (χ0v) is 10.8. The van der Waals surface area contributed by atoms with Crippen LogP contribution in [0.3, 0.4) is 0 Å². The molecule has 0 bridgehead atoms. The quantitative estimate of drug-likeness (QED) is 0.501. The molecule has 0 atom stereocenters. The molecule has 0 saturated carbocycles. The Labute approximate surface area is 110 Å². The van der Waals surface area contributed by atoms with E-state index in [-0.39, 0.29) is 5.97 Å². The number of anilines is 2. The summed E-state index contributed by atoms with van der Waals surface area (Å²) in [5.74, 6) is -0.200. The van der Waals surface area contributed by atoms with Gasteiger partial charge in [-0.05, 0) is 18.6 Å². The highest BCUT2D eigenvalue weighted by Gasteiger charge is 2.22. The van der Waals surface area contributed by atoms with Gasteiger partial charge in [0.1, 0.15) is 0 Å². The number of hydrogen-bond acceptors (Lipinski definition) is 6. The van der Waals surface area contributed by atoms with Crippen LogP contribution in [0.1, 0.15) is 23.2 Å². The molecule has 1 aromatic rings. The van der Waals surface area contributed by atoms with E-state index in [0.29, 0.717) is 18.4 Å². The third-order valence-corrected chi connectivity index (χ3v) is 3.59. The number of para-hydroxylation sites is 1. The van der Waals surface area contributed by atoms with Crippen LogP contribution in [0, 0.1) is 0 Å². The van der Waals surface area contributed by atoms with E-state index in [9.17, 15) is 9.59 Å². The Morgan fingerprint density at radius 3 is 3.11 bits per heavy atom. The van der Waals surface area contributed by atoms with Crippen LogP contribution in [0.25, 0.3) is 0 Å². The van der Waals surface area contributed by atoms with Gasteiger partial charge in [0.05, 0.1) is 30.6 Å². The van der Waals surface area contributed by atoms with Crippen LogP contribution in [0.5, 0.6) is 0 Å². The maximum atomic E-state index is 11.0. The summed E-state index contributed by atoms with van der Waals surface area (Å²) in [6, 6.07) is 5.58. The second-order valence-corrected chi connectivity index (χ2v) is 4.66. The summed E-state index contributed by atoms with van der Waals surface area (Å²) < 4.78 is 9.74. The number of carbonyl (C=O) groups excluding carboxylic acids is 2. The van der Waals surface area contributed by atoms with E-state index >= 15 is 0 Å². The first kappa shape index (κ1) is 12.8. The average molecular weight is 266 g/mol. The normalized spacial score (nSPS) is 12.8. The minimum Gasteiger partial charge on any atom is -0.469 e. The Bertz CT molecular complexity index is 465. The van der Waals surface area contributed by atoms with Gasteiger partial charge in [0.2, 0.25) is 0 Å². The summed E-state index contributed by atoms with van der Waals surface area (Å²) >= 11 is 1.43. The van der Waals surface area contributed by atoms with Gasteiger partial charge >= 0.3 is 5.97 Å². The molecule has 18 heavy (non-hydrogen) atoms. The molecular weight excluding hydrogens is 252 g/mol. The van der Waals surface area contributed by atoms with E-state index in [2.05, 4.69) is 9.46 Å². The summed E-state index contributed by atoms with van der Waals surface area (Å²) in [4.78, 5) is 21.9. The molecule has 1 heterocycles. The van der Waals surface area contributed by atoms with E-state index in [1.165, 1.54) is 19.2 Å². The first-order chi connectivity index (χ1) is 8.76. The highest BCUT2D eigenvalue weighted by Crippen LogP contribution is 2.40. The van der Waals surface area contributed by atoms with Crippen molar-refractivity contribution < 1.29 is 14.3 Å². The summed E-state index contributed by atoms with van der Waals surface area (Å²) in [7, 11) is 1.39. The molecule has 2 rings (SSSR count). The first-order valence-corrected chi connectivity index (χ1v) is 6.39. The van der Waals surface area contributed by atoms with Gasteiger partial charge in [-0.3, -0.25) is 13.9 Å². The largest absolute Gasteiger partial charge is 0.469 e. The predicted octanol–water partition coefficient (Wildman–Crippen LogP) is 2.25. The molecule has 1 aliphatic heterocycles. The van der Waals surface area contributed by atoms with Crippen LogP contribution in [-0.2, 0) is 9.53 Å². The molecule has 1 aromatic carbocycles. The fraction of sp³-hybridized carbons (Fsp3) is 0.333. The van der Waals surface area contributed by atoms with Crippen molar-refractivity contribution >= 4 is 35.8 Å². The van der Waals surface area contributed by atoms with E-state index in [0.717, 1.165) is 24.2 Å². The summed E-state index contributed by atoms with van der Waals surface area (Å²) in [6.45, 7) is 0.724. The highest BCUT2D eigenvalue weighted by molar-refractivity contribution is 8.02. The number of benzene rings is 1. The number of nitrogens with zero attached hydrogens (tertiary/aromatic N) is 1. The standard InChI is InChI=1S/C12H14N2O3S/c1-17-11(16)6-3-7-14-10-5-2-4-9(8-15)12(10)13-18-14/h2,4-5,8,13H,3,6-7H2,1H3. The molecule has 6 heteroatoms. The number of nitrogens with one attached hydrogen (secondary N) is 1. The van der Waals surface area contributed by atoms with Gasteiger partial charge in [-0.25, -0.2) is 0 Å². The zero-order chi connectivity index (χ0) is 13.0. The van der Waals surface area contributed by atoms with E-state index < -0.39 is 0 Å². The van der Waals surface area contributed by atoms with Gasteiger partial charge in [0.15, 0.2) is 6.29 Å². The number of methoxy groups -OCH3 is 1. The van der Waals surface area contributed by atoms with E-state index in [4.69, 9.17) is 0 Å². The van der Waals surface area contributed by atoms with Gasteiger partial charge in [0.25, 0.3) is 0 Å². The molecule has 0 aromatic heterocycles. The van der Waals surface area contributed by atoms with Crippen molar-refractivity contribution in [3.05, 3.63) is 23.8 Å². The molecule has 0 radical (unpaired) electrons. The van der Waals surface area contributed by atoms with Crippen molar-refractivity contribution in [3.8, 4) is 0 Å². The summed E-state index contributed by atoms with van der Waals surface area (Å²) in [5.41, 5.74) is 2.47. The molecule has 0 fully saturated rings. The zero-order valence-electron chi connectivity index (χ0n) is 10.0. The van der Waals surface area contributed by atoms with Gasteiger partial charge < -0.3 is 9.46 Å². The molecule has 0 spiro atoms. The Kier molecular flexibility index (Phi) is 4.09. The number of hydrogen-bond donors (Lipinski definition) is 1. The molecule has 0 aliphatic carbocycles. The second-order valence-electron chi connectivity index (χ2n) is 3.83. The Hall–Kier alpha value is -1.69. The summed E-state index contributed by atoms with van der Waals surface area (Å²) in [5, 5.41) is 0. The fourth-order valence-electron chi connectivity index (χ4n) is 1.76. The third kappa shape index (κ3) is 2.59. The molecule has 1 N–H and O–H groups in total. The number of esters is 1. The average Bonchev–Trinajstić information content (AvgIpc) is 2.82. The molecule has 96 valence electrons. The molecule has 0 unspecified atom stereocenters. The predicted molar refractivity (Wildman–Crippen MR) is 71.6 cm³/mol. The molecule has 0 amide bonds. The van der Waals surface area contributed by atoms with Gasteiger partial charge in [0, 0.05) is 18.5 Å². The fourth-order valence-corrected chi connectivity index (χ4v) is 2.65. The van der Waals surface area contributed by atoms with Crippen molar-refractivity contribution in [1.29, 1.82) is 0 Å². The number of fused-ring (bicyclic) bond motifs is 1. The maximum absolute atomic E-state index is 11.0. The number of rotatable bonds is 5. The Balaban J connectivity index is 1.99. The van der Waals surface area contributed by atoms with Gasteiger partial charge in [-0.1, -0.05) is 6.07 Å². The van der Waals surface area contributed by atoms with Crippen molar-refractivity contribution in [1.82, 2.24) is 0 Å². The van der Waals surface area contributed by atoms with Crippen LogP contribution >= 0.6 is 12.1 Å². The van der Waals surface area contributed by atoms with Crippen LogP contribution in [-0.4, -0.2) is 25.9 Å². The monoisotopic (exact) mass is 266 g/mol.